The van der Waals surface area contributed by atoms with E-state index in [1.807, 2.05) is 18.2 Å². The number of carbonyl (C=O) groups excluding carboxylic acids is 1. The average Bonchev–Trinajstić information content (AvgIpc) is 2.51. The Balaban J connectivity index is 1.73. The molecule has 1 aliphatic rings. The minimum atomic E-state index is -0.256. The fourth-order valence-electron chi connectivity index (χ4n) is 2.82. The third kappa shape index (κ3) is 3.40. The van der Waals surface area contributed by atoms with Crippen molar-refractivity contribution in [3.05, 3.63) is 60.2 Å². The van der Waals surface area contributed by atoms with Gasteiger partial charge in [-0.25, -0.2) is 0 Å². The van der Waals surface area contributed by atoms with Gasteiger partial charge in [-0.15, -0.1) is 0 Å². The lowest BCUT2D eigenvalue weighted by molar-refractivity contribution is -0.131. The predicted molar refractivity (Wildman–Crippen MR) is 85.1 cm³/mol. The summed E-state index contributed by atoms with van der Waals surface area (Å²) in [5.74, 6) is 0.236. The second-order valence-corrected chi connectivity index (χ2v) is 5.49. The van der Waals surface area contributed by atoms with Crippen LogP contribution < -0.4 is 0 Å². The van der Waals surface area contributed by atoms with E-state index in [1.165, 1.54) is 10.8 Å². The molecule has 2 nitrogen and oxygen atoms in total. The molecule has 1 aliphatic carbocycles. The fourth-order valence-corrected chi connectivity index (χ4v) is 2.82. The zero-order valence-corrected chi connectivity index (χ0v) is 12.1. The van der Waals surface area contributed by atoms with E-state index in [-0.39, 0.29) is 11.9 Å². The summed E-state index contributed by atoms with van der Waals surface area (Å²) in [7, 11) is 0. The van der Waals surface area contributed by atoms with Crippen LogP contribution >= 0.6 is 0 Å². The van der Waals surface area contributed by atoms with Crippen LogP contribution in [0.15, 0.2) is 54.6 Å². The van der Waals surface area contributed by atoms with Crippen LogP contribution in [0.3, 0.4) is 0 Å². The van der Waals surface area contributed by atoms with Gasteiger partial charge in [-0.1, -0.05) is 54.6 Å². The first-order chi connectivity index (χ1) is 10.3. The van der Waals surface area contributed by atoms with Gasteiger partial charge in [0, 0.05) is 6.42 Å². The number of fused-ring (bicyclic) bond motifs is 1. The third-order valence-corrected chi connectivity index (χ3v) is 4.00. The smallest absolute Gasteiger partial charge is 0.161 e. The van der Waals surface area contributed by atoms with Crippen LogP contribution in [0.25, 0.3) is 10.8 Å². The van der Waals surface area contributed by atoms with Crippen molar-refractivity contribution in [1.82, 2.24) is 0 Å². The van der Waals surface area contributed by atoms with E-state index in [0.29, 0.717) is 13.0 Å². The number of ether oxygens (including phenoxy) is 1. The van der Waals surface area contributed by atoms with Gasteiger partial charge in [-0.3, -0.25) is 4.79 Å². The van der Waals surface area contributed by atoms with Gasteiger partial charge in [0.1, 0.15) is 6.10 Å². The van der Waals surface area contributed by atoms with Crippen molar-refractivity contribution in [2.24, 2.45) is 0 Å². The molecule has 0 fully saturated rings. The summed E-state index contributed by atoms with van der Waals surface area (Å²) in [6.07, 6.45) is 7.14. The number of rotatable bonds is 3. The van der Waals surface area contributed by atoms with Crippen LogP contribution in [0.2, 0.25) is 0 Å². The van der Waals surface area contributed by atoms with Gasteiger partial charge in [-0.2, -0.15) is 0 Å². The molecule has 0 aromatic heterocycles. The summed E-state index contributed by atoms with van der Waals surface area (Å²) in [5.41, 5.74) is 1.15. The Morgan fingerprint density at radius 2 is 1.81 bits per heavy atom. The zero-order chi connectivity index (χ0) is 14.5. The topological polar surface area (TPSA) is 26.3 Å². The maximum absolute atomic E-state index is 12.1. The molecule has 0 saturated carbocycles. The van der Waals surface area contributed by atoms with E-state index < -0.39 is 0 Å². The summed E-state index contributed by atoms with van der Waals surface area (Å²) in [6, 6.07) is 14.5. The first-order valence-corrected chi connectivity index (χ1v) is 7.60. The van der Waals surface area contributed by atoms with Crippen molar-refractivity contribution < 1.29 is 9.53 Å². The predicted octanol–water partition coefficient (Wildman–Crippen LogP) is 4.42. The quantitative estimate of drug-likeness (QED) is 0.778. The average molecular weight is 280 g/mol. The third-order valence-electron chi connectivity index (χ3n) is 4.00. The maximum Gasteiger partial charge on any atom is 0.161 e. The number of hydrogen-bond acceptors (Lipinski definition) is 2. The highest BCUT2D eigenvalue weighted by Crippen LogP contribution is 2.21. The van der Waals surface area contributed by atoms with Crippen LogP contribution in [0.5, 0.6) is 0 Å². The second-order valence-electron chi connectivity index (χ2n) is 5.49. The molecule has 0 amide bonds. The number of benzene rings is 2. The van der Waals surface area contributed by atoms with Crippen LogP contribution in [-0.2, 0) is 16.1 Å². The van der Waals surface area contributed by atoms with E-state index in [4.69, 9.17) is 4.74 Å². The summed E-state index contributed by atoms with van der Waals surface area (Å²) in [4.78, 5) is 12.1. The van der Waals surface area contributed by atoms with Crippen molar-refractivity contribution >= 4 is 16.6 Å². The van der Waals surface area contributed by atoms with Crippen LogP contribution in [-0.4, -0.2) is 11.9 Å². The molecule has 2 heteroatoms. The van der Waals surface area contributed by atoms with Crippen molar-refractivity contribution in [2.45, 2.75) is 38.4 Å². The standard InChI is InChI=1S/C19H20O2/c20-18-12-3-1-2-4-13-19(18)21-14-16-10-7-9-15-8-5-6-11-17(15)16/h1-2,5-11,19H,3-4,12-14H2/b2-1-. The Morgan fingerprint density at radius 3 is 2.76 bits per heavy atom. The number of hydrogen-bond donors (Lipinski definition) is 0. The van der Waals surface area contributed by atoms with Gasteiger partial charge in [0.25, 0.3) is 0 Å². The summed E-state index contributed by atoms with van der Waals surface area (Å²) < 4.78 is 5.94. The molecule has 1 atom stereocenters. The summed E-state index contributed by atoms with van der Waals surface area (Å²) >= 11 is 0. The minimum absolute atomic E-state index is 0.236. The summed E-state index contributed by atoms with van der Waals surface area (Å²) in [6.45, 7) is 0.501. The molecule has 2 aromatic rings. The van der Waals surface area contributed by atoms with Crippen molar-refractivity contribution in [3.63, 3.8) is 0 Å². The second kappa shape index (κ2) is 6.68. The van der Waals surface area contributed by atoms with Gasteiger partial charge in [0.15, 0.2) is 5.78 Å². The Kier molecular flexibility index (Phi) is 4.46. The molecule has 0 heterocycles. The molecule has 2 aromatic carbocycles. The number of allylic oxidation sites excluding steroid dienone is 2. The molecule has 108 valence electrons. The molecule has 1 unspecified atom stereocenters. The first-order valence-electron chi connectivity index (χ1n) is 7.60. The molecule has 0 N–H and O–H groups in total. The minimum Gasteiger partial charge on any atom is -0.366 e. The molecule has 0 radical (unpaired) electrons. The Labute approximate surface area is 125 Å². The van der Waals surface area contributed by atoms with Crippen molar-refractivity contribution in [1.29, 1.82) is 0 Å². The van der Waals surface area contributed by atoms with Gasteiger partial charge in [0.05, 0.1) is 6.61 Å². The molecule has 0 spiro atoms. The van der Waals surface area contributed by atoms with Crippen molar-refractivity contribution in [2.75, 3.05) is 0 Å². The van der Waals surface area contributed by atoms with Crippen molar-refractivity contribution in [3.8, 4) is 0 Å². The molecular weight excluding hydrogens is 260 g/mol. The molecule has 0 aliphatic heterocycles. The Bertz CT molecular complexity index is 652. The maximum atomic E-state index is 12.1. The number of Topliss-reactive ketones (excluding diaryl/α,β-unsaturated/α-hetero) is 1. The largest absolute Gasteiger partial charge is 0.366 e. The summed E-state index contributed by atoms with van der Waals surface area (Å²) in [5, 5.41) is 2.42. The molecular formula is C19H20O2. The Morgan fingerprint density at radius 1 is 1.00 bits per heavy atom. The molecule has 0 saturated heterocycles. The van der Waals surface area contributed by atoms with Gasteiger partial charge < -0.3 is 4.74 Å². The van der Waals surface area contributed by atoms with Crippen LogP contribution in [0, 0.1) is 0 Å². The highest BCUT2D eigenvalue weighted by atomic mass is 16.5. The first kappa shape index (κ1) is 14.0. The highest BCUT2D eigenvalue weighted by Gasteiger charge is 2.19. The lowest BCUT2D eigenvalue weighted by atomic mass is 10.0. The zero-order valence-electron chi connectivity index (χ0n) is 12.1. The van der Waals surface area contributed by atoms with Crippen LogP contribution in [0.4, 0.5) is 0 Å². The van der Waals surface area contributed by atoms with Gasteiger partial charge in [0.2, 0.25) is 0 Å². The van der Waals surface area contributed by atoms with Gasteiger partial charge in [-0.05, 0) is 35.6 Å². The normalized spacial score (nSPS) is 21.0. The lowest BCUT2D eigenvalue weighted by Gasteiger charge is -2.18. The molecule has 21 heavy (non-hydrogen) atoms. The highest BCUT2D eigenvalue weighted by molar-refractivity contribution is 5.86. The van der Waals surface area contributed by atoms with E-state index in [0.717, 1.165) is 24.8 Å². The monoisotopic (exact) mass is 280 g/mol. The Hall–Kier alpha value is -1.93. The molecule has 3 rings (SSSR count). The van der Waals surface area contributed by atoms with E-state index in [2.05, 4.69) is 36.4 Å². The number of ketones is 1. The van der Waals surface area contributed by atoms with Gasteiger partial charge >= 0.3 is 0 Å². The molecule has 0 bridgehead atoms. The van der Waals surface area contributed by atoms with E-state index >= 15 is 0 Å². The van der Waals surface area contributed by atoms with Crippen LogP contribution in [0.1, 0.15) is 31.2 Å². The SMILES string of the molecule is O=C1CC/C=C\CCC1OCc1cccc2ccccc12. The van der Waals surface area contributed by atoms with E-state index in [1.54, 1.807) is 0 Å². The number of carbonyl (C=O) groups is 1. The lowest BCUT2D eigenvalue weighted by Crippen LogP contribution is -2.24. The fraction of sp³-hybridized carbons (Fsp3) is 0.316. The van der Waals surface area contributed by atoms with E-state index in [9.17, 15) is 4.79 Å².